The molecule has 170 valence electrons. The third-order valence-electron chi connectivity index (χ3n) is 7.07. The predicted molar refractivity (Wildman–Crippen MR) is 126 cm³/mol. The maximum absolute atomic E-state index is 6.45. The maximum Gasteiger partial charge on any atom is 0.197 e. The molecule has 0 amide bonds. The van der Waals surface area contributed by atoms with Crippen LogP contribution in [0.3, 0.4) is 0 Å². The molecule has 0 radical (unpaired) electrons. The first-order valence-corrected chi connectivity index (χ1v) is 11.9. The number of benzene rings is 1. The number of anilines is 1. The van der Waals surface area contributed by atoms with E-state index >= 15 is 0 Å². The predicted octanol–water partition coefficient (Wildman–Crippen LogP) is 3.25. The molecular weight excluding hydrogens is 436 g/mol. The zero-order valence-electron chi connectivity index (χ0n) is 18.7. The number of fused-ring (bicyclic) bond motifs is 4. The fraction of sp³-hybridized carbons (Fsp3) is 0.391. The van der Waals surface area contributed by atoms with Crippen molar-refractivity contribution in [1.29, 1.82) is 0 Å². The minimum absolute atomic E-state index is 0.0202. The smallest absolute Gasteiger partial charge is 0.197 e. The number of hydrogen-bond acceptors (Lipinski definition) is 8. The van der Waals surface area contributed by atoms with E-state index in [0.717, 1.165) is 53.2 Å². The van der Waals surface area contributed by atoms with Gasteiger partial charge in [0, 0.05) is 29.9 Å². The third kappa shape index (κ3) is 3.32. The molecule has 1 saturated carbocycles. The first-order chi connectivity index (χ1) is 16.0. The number of hydrogen-bond donors (Lipinski definition) is 2. The Morgan fingerprint density at radius 1 is 1.15 bits per heavy atom. The first-order valence-electron chi connectivity index (χ1n) is 11.1. The number of aryl methyl sites for hydroxylation is 2. The summed E-state index contributed by atoms with van der Waals surface area (Å²) in [5.74, 6) is 1.42. The van der Waals surface area contributed by atoms with E-state index in [0.29, 0.717) is 18.1 Å². The zero-order chi connectivity index (χ0) is 22.6. The summed E-state index contributed by atoms with van der Waals surface area (Å²) >= 11 is 1.67. The largest absolute Gasteiger partial charge is 0.381 e. The first kappa shape index (κ1) is 20.6. The number of rotatable bonds is 5. The molecule has 3 aliphatic rings. The van der Waals surface area contributed by atoms with Gasteiger partial charge in [-0.3, -0.25) is 4.72 Å². The van der Waals surface area contributed by atoms with Crippen molar-refractivity contribution in [1.82, 2.24) is 33.9 Å². The van der Waals surface area contributed by atoms with Crippen molar-refractivity contribution >= 4 is 23.4 Å². The van der Waals surface area contributed by atoms with Gasteiger partial charge >= 0.3 is 0 Å². The van der Waals surface area contributed by atoms with Crippen LogP contribution in [0.4, 0.5) is 5.82 Å². The van der Waals surface area contributed by atoms with Crippen LogP contribution < -0.4 is 10.5 Å². The molecule has 0 unspecified atom stereocenters. The summed E-state index contributed by atoms with van der Waals surface area (Å²) in [5, 5.41) is 4.35. The van der Waals surface area contributed by atoms with Crippen LogP contribution in [0.15, 0.2) is 48.0 Å². The normalized spacial score (nSPS) is 24.5. The van der Waals surface area contributed by atoms with Crippen molar-refractivity contribution in [2.24, 2.45) is 7.05 Å². The van der Waals surface area contributed by atoms with Crippen molar-refractivity contribution in [2.75, 3.05) is 12.3 Å². The Kier molecular flexibility index (Phi) is 4.72. The molecule has 3 N–H and O–H groups in total. The molecule has 0 spiro atoms. The second kappa shape index (κ2) is 7.54. The molecule has 0 atom stereocenters. The van der Waals surface area contributed by atoms with E-state index in [1.165, 1.54) is 6.33 Å². The molecule has 1 aliphatic carbocycles. The second-order valence-corrected chi connectivity index (χ2v) is 10.0. The summed E-state index contributed by atoms with van der Waals surface area (Å²) in [4.78, 5) is 14.2. The average molecular weight is 463 g/mol. The van der Waals surface area contributed by atoms with Crippen molar-refractivity contribution in [2.45, 2.75) is 48.6 Å². The van der Waals surface area contributed by atoms with Crippen LogP contribution in [-0.4, -0.2) is 41.3 Å². The summed E-state index contributed by atoms with van der Waals surface area (Å²) in [6.07, 6.45) is 11.2. The van der Waals surface area contributed by atoms with E-state index in [1.54, 1.807) is 22.7 Å². The summed E-state index contributed by atoms with van der Waals surface area (Å²) in [7, 11) is 2.05. The summed E-state index contributed by atoms with van der Waals surface area (Å²) in [5.41, 5.74) is 9.39. The van der Waals surface area contributed by atoms with Gasteiger partial charge in [0.05, 0.1) is 24.0 Å². The van der Waals surface area contributed by atoms with Crippen molar-refractivity contribution in [3.8, 4) is 11.3 Å². The lowest BCUT2D eigenvalue weighted by Gasteiger charge is -2.52. The van der Waals surface area contributed by atoms with E-state index in [2.05, 4.69) is 54.5 Å². The Morgan fingerprint density at radius 2 is 2.00 bits per heavy atom. The minimum Gasteiger partial charge on any atom is -0.381 e. The van der Waals surface area contributed by atoms with E-state index in [4.69, 9.17) is 10.5 Å². The monoisotopic (exact) mass is 462 g/mol. The Bertz CT molecular complexity index is 1320. The molecule has 33 heavy (non-hydrogen) atoms. The van der Waals surface area contributed by atoms with Gasteiger partial charge in [-0.05, 0) is 62.3 Å². The molecule has 3 aromatic heterocycles. The number of nitrogens with zero attached hydrogens (tertiary/aromatic N) is 6. The molecule has 2 aliphatic heterocycles. The number of ether oxygens (including phenoxy) is 1. The number of nitrogen functional groups attached to an aromatic ring is 1. The standard InChI is InChI=1S/C23H26N8OS/c1-15-3-4-16(11-17(15)18-12-26-20-19(24)27-14-28-31(18)20)33-29-22-5-7-23(8-6-22,32-13-22)21-25-9-10-30(21)2/h3-4,9-12,14,29H,5-8,13H2,1-2H3,(H2,24,27,28). The highest BCUT2D eigenvalue weighted by atomic mass is 32.2. The van der Waals surface area contributed by atoms with Crippen LogP contribution in [0.5, 0.6) is 0 Å². The topological polar surface area (TPSA) is 108 Å². The van der Waals surface area contributed by atoms with Crippen LogP contribution in [0, 0.1) is 6.92 Å². The fourth-order valence-electron chi connectivity index (χ4n) is 5.05. The molecule has 2 bridgehead atoms. The number of nitrogens with two attached hydrogens (primary N) is 1. The van der Waals surface area contributed by atoms with Gasteiger partial charge in [-0.2, -0.15) is 5.10 Å². The van der Waals surface area contributed by atoms with E-state index < -0.39 is 0 Å². The molecule has 2 saturated heterocycles. The molecule has 5 heterocycles. The highest BCUT2D eigenvalue weighted by Crippen LogP contribution is 2.49. The Hall–Kier alpha value is -2.95. The lowest BCUT2D eigenvalue weighted by Crippen LogP contribution is -2.59. The lowest BCUT2D eigenvalue weighted by molar-refractivity contribution is -0.167. The fourth-order valence-corrected chi connectivity index (χ4v) is 5.96. The third-order valence-corrected chi connectivity index (χ3v) is 8.09. The van der Waals surface area contributed by atoms with Gasteiger partial charge in [0.25, 0.3) is 0 Å². The van der Waals surface area contributed by atoms with Gasteiger partial charge in [0.2, 0.25) is 0 Å². The maximum atomic E-state index is 6.45. The molecule has 10 heteroatoms. The molecule has 1 aromatic carbocycles. The minimum atomic E-state index is -0.240. The lowest BCUT2D eigenvalue weighted by atomic mass is 9.71. The van der Waals surface area contributed by atoms with Crippen LogP contribution in [0.1, 0.15) is 37.1 Å². The van der Waals surface area contributed by atoms with Crippen LogP contribution in [0.2, 0.25) is 0 Å². The summed E-state index contributed by atoms with van der Waals surface area (Å²) in [6.45, 7) is 2.78. The van der Waals surface area contributed by atoms with Gasteiger partial charge in [-0.25, -0.2) is 19.5 Å². The molecular formula is C23H26N8OS. The summed E-state index contributed by atoms with van der Waals surface area (Å²) < 4.78 is 14.0. The molecule has 3 fully saturated rings. The van der Waals surface area contributed by atoms with Gasteiger partial charge in [-0.1, -0.05) is 6.07 Å². The Balaban J connectivity index is 1.21. The van der Waals surface area contributed by atoms with Crippen LogP contribution in [-0.2, 0) is 17.4 Å². The van der Waals surface area contributed by atoms with E-state index in [-0.39, 0.29) is 11.1 Å². The van der Waals surface area contributed by atoms with Crippen molar-refractivity contribution in [3.63, 3.8) is 0 Å². The van der Waals surface area contributed by atoms with Gasteiger partial charge < -0.3 is 15.0 Å². The van der Waals surface area contributed by atoms with Crippen molar-refractivity contribution < 1.29 is 4.74 Å². The highest BCUT2D eigenvalue weighted by molar-refractivity contribution is 7.97. The second-order valence-electron chi connectivity index (χ2n) is 9.13. The van der Waals surface area contributed by atoms with Crippen molar-refractivity contribution in [3.05, 3.63) is 54.5 Å². The summed E-state index contributed by atoms with van der Waals surface area (Å²) in [6, 6.07) is 6.45. The Labute approximate surface area is 195 Å². The number of aromatic nitrogens is 6. The van der Waals surface area contributed by atoms with Crippen LogP contribution in [0.25, 0.3) is 16.9 Å². The number of imidazole rings is 2. The molecule has 4 aromatic rings. The molecule has 7 rings (SSSR count). The van der Waals surface area contributed by atoms with Gasteiger partial charge in [0.1, 0.15) is 17.8 Å². The van der Waals surface area contributed by atoms with E-state index in [9.17, 15) is 0 Å². The SMILES string of the molecule is Cc1ccc(SNC23CCC(c4nccn4C)(CC2)OC3)cc1-c1cnc2c(N)ncnn12. The quantitative estimate of drug-likeness (QED) is 0.435. The number of nitrogens with one attached hydrogen (secondary N) is 1. The highest BCUT2D eigenvalue weighted by Gasteiger charge is 2.52. The average Bonchev–Trinajstić information content (AvgIpc) is 3.47. The van der Waals surface area contributed by atoms with E-state index in [1.807, 2.05) is 19.4 Å². The van der Waals surface area contributed by atoms with Gasteiger partial charge in [0.15, 0.2) is 11.5 Å². The zero-order valence-corrected chi connectivity index (χ0v) is 19.5. The Morgan fingerprint density at radius 3 is 2.73 bits per heavy atom. The van der Waals surface area contributed by atoms with Crippen LogP contribution >= 0.6 is 11.9 Å². The van der Waals surface area contributed by atoms with Gasteiger partial charge in [-0.15, -0.1) is 0 Å². The molecule has 9 nitrogen and oxygen atoms in total.